The van der Waals surface area contributed by atoms with Gasteiger partial charge in [-0.05, 0) is 44.3 Å². The van der Waals surface area contributed by atoms with E-state index < -0.39 is 0 Å². The van der Waals surface area contributed by atoms with E-state index in [2.05, 4.69) is 27.4 Å². The maximum Gasteiger partial charge on any atom is 0.125 e. The van der Waals surface area contributed by atoms with E-state index >= 15 is 0 Å². The first kappa shape index (κ1) is 17.1. The Bertz CT molecular complexity index is 805. The second-order valence-electron chi connectivity index (χ2n) is 5.93. The highest BCUT2D eigenvalue weighted by molar-refractivity contribution is 5.60. The molecule has 0 aliphatic heterocycles. The molecule has 1 N–H and O–H groups in total. The average molecular weight is 333 g/mol. The summed E-state index contributed by atoms with van der Waals surface area (Å²) in [6, 6.07) is 20.3. The number of aromatic nitrogens is 2. The van der Waals surface area contributed by atoms with Gasteiger partial charge < -0.3 is 10.1 Å². The van der Waals surface area contributed by atoms with Crippen LogP contribution >= 0.6 is 0 Å². The van der Waals surface area contributed by atoms with Crippen molar-refractivity contribution >= 4 is 0 Å². The fourth-order valence-electron chi connectivity index (χ4n) is 2.75. The van der Waals surface area contributed by atoms with E-state index in [1.165, 1.54) is 5.56 Å². The smallest absolute Gasteiger partial charge is 0.125 e. The van der Waals surface area contributed by atoms with Gasteiger partial charge in [0.1, 0.15) is 17.7 Å². The van der Waals surface area contributed by atoms with Crippen molar-refractivity contribution in [2.24, 2.45) is 0 Å². The van der Waals surface area contributed by atoms with Crippen molar-refractivity contribution in [2.45, 2.75) is 19.4 Å². The second-order valence-corrected chi connectivity index (χ2v) is 5.93. The van der Waals surface area contributed by atoms with Crippen molar-refractivity contribution in [1.29, 1.82) is 0 Å². The van der Waals surface area contributed by atoms with Crippen molar-refractivity contribution in [3.63, 3.8) is 0 Å². The van der Waals surface area contributed by atoms with Crippen LogP contribution in [-0.2, 0) is 0 Å². The first-order valence-corrected chi connectivity index (χ1v) is 8.52. The third-order valence-corrected chi connectivity index (χ3v) is 4.01. The zero-order chi connectivity index (χ0) is 17.5. The lowest BCUT2D eigenvalue weighted by Gasteiger charge is -2.20. The number of rotatable bonds is 7. The Balaban J connectivity index is 1.84. The van der Waals surface area contributed by atoms with Crippen LogP contribution in [0.25, 0.3) is 11.3 Å². The van der Waals surface area contributed by atoms with Gasteiger partial charge in [-0.3, -0.25) is 0 Å². The Hall–Kier alpha value is -2.72. The molecule has 0 bridgehead atoms. The van der Waals surface area contributed by atoms with Gasteiger partial charge in [-0.25, -0.2) is 9.97 Å². The van der Waals surface area contributed by atoms with Crippen LogP contribution in [0, 0.1) is 6.92 Å². The minimum atomic E-state index is 0.0102. The van der Waals surface area contributed by atoms with E-state index in [9.17, 15) is 0 Å². The standard InChI is InChI=1S/C21H23N3O/c1-16-23-14-11-20(24-16)18-9-6-10-19(15-18)25-21(12-13-22-2)17-7-4-3-5-8-17/h3-11,14-15,21-22H,12-13H2,1-2H3. The summed E-state index contributed by atoms with van der Waals surface area (Å²) >= 11 is 0. The summed E-state index contributed by atoms with van der Waals surface area (Å²) in [7, 11) is 1.96. The van der Waals surface area contributed by atoms with Crippen molar-refractivity contribution in [3.8, 4) is 17.0 Å². The summed E-state index contributed by atoms with van der Waals surface area (Å²) in [6.07, 6.45) is 2.69. The minimum Gasteiger partial charge on any atom is -0.486 e. The van der Waals surface area contributed by atoms with Crippen molar-refractivity contribution in [1.82, 2.24) is 15.3 Å². The largest absolute Gasteiger partial charge is 0.486 e. The van der Waals surface area contributed by atoms with E-state index in [4.69, 9.17) is 4.74 Å². The average Bonchev–Trinajstić information content (AvgIpc) is 2.66. The van der Waals surface area contributed by atoms with Crippen LogP contribution in [0.2, 0.25) is 0 Å². The fraction of sp³-hybridized carbons (Fsp3) is 0.238. The van der Waals surface area contributed by atoms with Gasteiger partial charge >= 0.3 is 0 Å². The second kappa shape index (κ2) is 8.40. The van der Waals surface area contributed by atoms with Gasteiger partial charge in [-0.1, -0.05) is 42.5 Å². The molecule has 0 saturated heterocycles. The molecule has 1 aromatic heterocycles. The Morgan fingerprint density at radius 3 is 2.64 bits per heavy atom. The summed E-state index contributed by atoms with van der Waals surface area (Å²) in [6.45, 7) is 2.79. The van der Waals surface area contributed by atoms with Gasteiger partial charge in [0.05, 0.1) is 5.69 Å². The van der Waals surface area contributed by atoms with E-state index in [1.807, 2.05) is 62.5 Å². The first-order valence-electron chi connectivity index (χ1n) is 8.52. The molecule has 3 aromatic rings. The molecule has 2 aromatic carbocycles. The molecule has 0 spiro atoms. The Morgan fingerprint density at radius 1 is 1.04 bits per heavy atom. The molecule has 3 rings (SSSR count). The highest BCUT2D eigenvalue weighted by Gasteiger charge is 2.13. The van der Waals surface area contributed by atoms with Crippen LogP contribution in [-0.4, -0.2) is 23.6 Å². The number of nitrogens with zero attached hydrogens (tertiary/aromatic N) is 2. The number of nitrogens with one attached hydrogen (secondary N) is 1. The van der Waals surface area contributed by atoms with Crippen molar-refractivity contribution in [3.05, 3.63) is 78.2 Å². The molecule has 128 valence electrons. The lowest BCUT2D eigenvalue weighted by Crippen LogP contribution is -2.16. The van der Waals surface area contributed by atoms with Gasteiger partial charge in [0.15, 0.2) is 0 Å². The molecule has 1 unspecified atom stereocenters. The lowest BCUT2D eigenvalue weighted by molar-refractivity contribution is 0.195. The van der Waals surface area contributed by atoms with Gasteiger partial charge in [-0.2, -0.15) is 0 Å². The lowest BCUT2D eigenvalue weighted by atomic mass is 10.1. The summed E-state index contributed by atoms with van der Waals surface area (Å²) < 4.78 is 6.31. The molecule has 0 saturated carbocycles. The number of benzene rings is 2. The monoisotopic (exact) mass is 333 g/mol. The molecule has 1 heterocycles. The van der Waals surface area contributed by atoms with Gasteiger partial charge in [0.2, 0.25) is 0 Å². The zero-order valence-corrected chi connectivity index (χ0v) is 14.6. The number of aryl methyl sites for hydroxylation is 1. The Kier molecular flexibility index (Phi) is 5.75. The predicted octanol–water partition coefficient (Wildman–Crippen LogP) is 4.18. The third-order valence-electron chi connectivity index (χ3n) is 4.01. The van der Waals surface area contributed by atoms with Crippen LogP contribution in [0.15, 0.2) is 66.9 Å². The molecule has 0 aliphatic carbocycles. The summed E-state index contributed by atoms with van der Waals surface area (Å²) in [5.74, 6) is 1.61. The molecule has 25 heavy (non-hydrogen) atoms. The van der Waals surface area contributed by atoms with Crippen LogP contribution in [0.3, 0.4) is 0 Å². The molecule has 1 atom stereocenters. The van der Waals surface area contributed by atoms with Gasteiger partial charge in [-0.15, -0.1) is 0 Å². The third kappa shape index (κ3) is 4.64. The molecular weight excluding hydrogens is 310 g/mol. The fourth-order valence-corrected chi connectivity index (χ4v) is 2.75. The number of hydrogen-bond acceptors (Lipinski definition) is 4. The number of ether oxygens (including phenoxy) is 1. The first-order chi connectivity index (χ1) is 12.3. The van der Waals surface area contributed by atoms with Crippen LogP contribution in [0.5, 0.6) is 5.75 Å². The van der Waals surface area contributed by atoms with E-state index in [0.717, 1.165) is 35.8 Å². The van der Waals surface area contributed by atoms with E-state index in [-0.39, 0.29) is 6.10 Å². The van der Waals surface area contributed by atoms with Crippen molar-refractivity contribution < 1.29 is 4.74 Å². The predicted molar refractivity (Wildman–Crippen MR) is 101 cm³/mol. The normalized spacial score (nSPS) is 11.9. The van der Waals surface area contributed by atoms with Crippen LogP contribution in [0.4, 0.5) is 0 Å². The highest BCUT2D eigenvalue weighted by Crippen LogP contribution is 2.28. The van der Waals surface area contributed by atoms with Gasteiger partial charge in [0, 0.05) is 18.2 Å². The summed E-state index contributed by atoms with van der Waals surface area (Å²) in [4.78, 5) is 8.66. The van der Waals surface area contributed by atoms with Crippen LogP contribution < -0.4 is 10.1 Å². The minimum absolute atomic E-state index is 0.0102. The van der Waals surface area contributed by atoms with Gasteiger partial charge in [0.25, 0.3) is 0 Å². The molecular formula is C21H23N3O. The Labute approximate surface area is 148 Å². The highest BCUT2D eigenvalue weighted by atomic mass is 16.5. The van der Waals surface area contributed by atoms with E-state index in [0.29, 0.717) is 0 Å². The molecule has 4 nitrogen and oxygen atoms in total. The Morgan fingerprint density at radius 2 is 1.88 bits per heavy atom. The maximum atomic E-state index is 6.31. The maximum absolute atomic E-state index is 6.31. The zero-order valence-electron chi connectivity index (χ0n) is 14.6. The summed E-state index contributed by atoms with van der Waals surface area (Å²) in [5.41, 5.74) is 3.12. The van der Waals surface area contributed by atoms with Crippen molar-refractivity contribution in [2.75, 3.05) is 13.6 Å². The molecule has 0 amide bonds. The molecule has 0 radical (unpaired) electrons. The summed E-state index contributed by atoms with van der Waals surface area (Å²) in [5, 5.41) is 3.20. The molecule has 0 aliphatic rings. The number of hydrogen-bond donors (Lipinski definition) is 1. The SMILES string of the molecule is CNCCC(Oc1cccc(-c2ccnc(C)n2)c1)c1ccccc1. The topological polar surface area (TPSA) is 47.0 Å². The van der Waals surface area contributed by atoms with E-state index in [1.54, 1.807) is 6.20 Å². The molecule has 0 fully saturated rings. The van der Waals surface area contributed by atoms with Crippen LogP contribution in [0.1, 0.15) is 23.9 Å². The molecule has 4 heteroatoms. The quantitative estimate of drug-likeness (QED) is 0.704.